The molecule has 1 aliphatic heterocycles. The third-order valence-electron chi connectivity index (χ3n) is 2.19. The van der Waals surface area contributed by atoms with Crippen molar-refractivity contribution in [3.05, 3.63) is 28.0 Å². The maximum Gasteiger partial charge on any atom is 0.330 e. The van der Waals surface area contributed by atoms with Crippen molar-refractivity contribution in [1.29, 1.82) is 0 Å². The van der Waals surface area contributed by atoms with E-state index < -0.39 is 0 Å². The van der Waals surface area contributed by atoms with Gasteiger partial charge in [-0.3, -0.25) is 0 Å². The minimum absolute atomic E-state index is 0.246. The Kier molecular flexibility index (Phi) is 4.30. The van der Waals surface area contributed by atoms with Crippen LogP contribution >= 0.6 is 11.3 Å². The minimum Gasteiger partial charge on any atom is -0.463 e. The zero-order chi connectivity index (χ0) is 12.1. The predicted molar refractivity (Wildman–Crippen MR) is 64.6 cm³/mol. The zero-order valence-corrected chi connectivity index (χ0v) is 10.4. The molecule has 0 amide bonds. The fourth-order valence-corrected chi connectivity index (χ4v) is 2.33. The van der Waals surface area contributed by atoms with Crippen LogP contribution in [-0.4, -0.2) is 25.8 Å². The molecule has 0 aromatic carbocycles. The molecule has 1 aromatic rings. The van der Waals surface area contributed by atoms with Gasteiger partial charge in [0.25, 0.3) is 0 Å². The highest BCUT2D eigenvalue weighted by Gasteiger charge is 2.19. The van der Waals surface area contributed by atoms with Crippen LogP contribution in [0.1, 0.15) is 23.7 Å². The molecule has 1 aromatic heterocycles. The highest BCUT2D eigenvalue weighted by molar-refractivity contribution is 7.10. The van der Waals surface area contributed by atoms with Gasteiger partial charge in [-0.15, -0.1) is 11.3 Å². The monoisotopic (exact) mass is 254 g/mol. The van der Waals surface area contributed by atoms with Crippen LogP contribution in [0.15, 0.2) is 17.5 Å². The number of hydrogen-bond donors (Lipinski definition) is 0. The van der Waals surface area contributed by atoms with E-state index in [0.717, 1.165) is 10.4 Å². The Labute approximate surface area is 104 Å². The fraction of sp³-hybridized carbons (Fsp3) is 0.417. The third-order valence-corrected chi connectivity index (χ3v) is 3.17. The molecule has 17 heavy (non-hydrogen) atoms. The number of carbonyl (C=O) groups excluding carboxylic acids is 1. The minimum atomic E-state index is -0.325. The Morgan fingerprint density at radius 2 is 2.35 bits per heavy atom. The van der Waals surface area contributed by atoms with Gasteiger partial charge in [-0.1, -0.05) is 0 Å². The second kappa shape index (κ2) is 5.95. The van der Waals surface area contributed by atoms with Crippen molar-refractivity contribution in [2.75, 3.05) is 19.8 Å². The van der Waals surface area contributed by atoms with E-state index in [1.807, 2.05) is 11.4 Å². The van der Waals surface area contributed by atoms with Crippen LogP contribution in [0, 0.1) is 0 Å². The molecule has 0 atom stereocenters. The first-order valence-electron chi connectivity index (χ1n) is 5.46. The van der Waals surface area contributed by atoms with Crippen molar-refractivity contribution in [2.45, 2.75) is 13.2 Å². The first kappa shape index (κ1) is 12.3. The van der Waals surface area contributed by atoms with Gasteiger partial charge in [0, 0.05) is 6.08 Å². The molecule has 0 bridgehead atoms. The first-order valence-corrected chi connectivity index (χ1v) is 6.34. The highest BCUT2D eigenvalue weighted by Crippen LogP contribution is 2.29. The molecule has 4 nitrogen and oxygen atoms in total. The van der Waals surface area contributed by atoms with Crippen LogP contribution in [0.5, 0.6) is 0 Å². The van der Waals surface area contributed by atoms with Gasteiger partial charge < -0.3 is 14.2 Å². The molecular weight excluding hydrogens is 240 g/mol. The number of thiophene rings is 1. The summed E-state index contributed by atoms with van der Waals surface area (Å²) in [7, 11) is 0. The maximum atomic E-state index is 11.1. The molecule has 1 aliphatic rings. The Morgan fingerprint density at radius 3 is 3.06 bits per heavy atom. The van der Waals surface area contributed by atoms with Crippen LogP contribution < -0.4 is 0 Å². The van der Waals surface area contributed by atoms with Gasteiger partial charge >= 0.3 is 5.97 Å². The summed E-state index contributed by atoms with van der Waals surface area (Å²) in [4.78, 5) is 12.1. The topological polar surface area (TPSA) is 44.8 Å². The molecule has 0 spiro atoms. The van der Waals surface area contributed by atoms with Gasteiger partial charge in [-0.25, -0.2) is 4.79 Å². The van der Waals surface area contributed by atoms with Gasteiger partial charge in [0.15, 0.2) is 6.29 Å². The van der Waals surface area contributed by atoms with E-state index in [1.165, 1.54) is 6.08 Å². The lowest BCUT2D eigenvalue weighted by Crippen LogP contribution is -1.98. The summed E-state index contributed by atoms with van der Waals surface area (Å²) in [5.74, 6) is -0.325. The molecule has 2 heterocycles. The summed E-state index contributed by atoms with van der Waals surface area (Å²) in [6.07, 6.45) is 2.91. The SMILES string of the molecule is CCOC(=O)C=Cc1csc(C2OCCO2)c1. The summed E-state index contributed by atoms with van der Waals surface area (Å²) in [6, 6.07) is 1.95. The number of hydrogen-bond acceptors (Lipinski definition) is 5. The normalized spacial score (nSPS) is 16.8. The highest BCUT2D eigenvalue weighted by atomic mass is 32.1. The maximum absolute atomic E-state index is 11.1. The molecule has 0 N–H and O–H groups in total. The van der Waals surface area contributed by atoms with Crippen molar-refractivity contribution in [3.8, 4) is 0 Å². The molecule has 1 fully saturated rings. The number of esters is 1. The van der Waals surface area contributed by atoms with Crippen LogP contribution in [0.2, 0.25) is 0 Å². The van der Waals surface area contributed by atoms with Crippen LogP contribution in [0.4, 0.5) is 0 Å². The third kappa shape index (κ3) is 3.39. The smallest absolute Gasteiger partial charge is 0.330 e. The van der Waals surface area contributed by atoms with Crippen molar-refractivity contribution in [1.82, 2.24) is 0 Å². The predicted octanol–water partition coefficient (Wildman–Crippen LogP) is 2.37. The summed E-state index contributed by atoms with van der Waals surface area (Å²) >= 11 is 1.56. The van der Waals surface area contributed by atoms with E-state index in [9.17, 15) is 4.79 Å². The molecule has 92 valence electrons. The molecule has 0 unspecified atom stereocenters. The second-order valence-electron chi connectivity index (χ2n) is 3.44. The number of rotatable bonds is 4. The van der Waals surface area contributed by atoms with Gasteiger partial charge in [-0.05, 0) is 30.0 Å². The average Bonchev–Trinajstić information content (AvgIpc) is 2.97. The summed E-state index contributed by atoms with van der Waals surface area (Å²) in [5.41, 5.74) is 0.956. The summed E-state index contributed by atoms with van der Waals surface area (Å²) in [5, 5.41) is 1.95. The number of carbonyl (C=O) groups is 1. The van der Waals surface area contributed by atoms with Crippen LogP contribution in [0.3, 0.4) is 0 Å². The van der Waals surface area contributed by atoms with Crippen LogP contribution in [0.25, 0.3) is 6.08 Å². The van der Waals surface area contributed by atoms with Crippen molar-refractivity contribution in [3.63, 3.8) is 0 Å². The van der Waals surface area contributed by atoms with Gasteiger partial charge in [-0.2, -0.15) is 0 Å². The molecule has 5 heteroatoms. The molecular formula is C12H14O4S. The summed E-state index contributed by atoms with van der Waals surface area (Å²) in [6.45, 7) is 3.44. The average molecular weight is 254 g/mol. The van der Waals surface area contributed by atoms with E-state index in [0.29, 0.717) is 19.8 Å². The quantitative estimate of drug-likeness (QED) is 0.611. The Bertz CT molecular complexity index is 404. The van der Waals surface area contributed by atoms with Crippen molar-refractivity contribution < 1.29 is 19.0 Å². The van der Waals surface area contributed by atoms with Crippen LogP contribution in [-0.2, 0) is 19.0 Å². The van der Waals surface area contributed by atoms with Crippen molar-refractivity contribution >= 4 is 23.4 Å². The molecule has 0 radical (unpaired) electrons. The van der Waals surface area contributed by atoms with E-state index in [4.69, 9.17) is 14.2 Å². The first-order chi connectivity index (χ1) is 8.29. The fourth-order valence-electron chi connectivity index (χ4n) is 1.46. The Morgan fingerprint density at radius 1 is 1.59 bits per heavy atom. The lowest BCUT2D eigenvalue weighted by Gasteiger charge is -2.04. The Hall–Kier alpha value is -1.17. The molecule has 0 saturated carbocycles. The van der Waals surface area contributed by atoms with E-state index >= 15 is 0 Å². The largest absolute Gasteiger partial charge is 0.463 e. The second-order valence-corrected chi connectivity index (χ2v) is 4.38. The molecule has 1 saturated heterocycles. The van der Waals surface area contributed by atoms with Gasteiger partial charge in [0.2, 0.25) is 0 Å². The van der Waals surface area contributed by atoms with Gasteiger partial charge in [0.05, 0.1) is 24.7 Å². The number of ether oxygens (including phenoxy) is 3. The Balaban J connectivity index is 1.95. The van der Waals surface area contributed by atoms with E-state index in [1.54, 1.807) is 24.3 Å². The van der Waals surface area contributed by atoms with Gasteiger partial charge in [0.1, 0.15) is 0 Å². The molecule has 2 rings (SSSR count). The van der Waals surface area contributed by atoms with Crippen molar-refractivity contribution in [2.24, 2.45) is 0 Å². The molecule has 0 aliphatic carbocycles. The van der Waals surface area contributed by atoms with E-state index in [2.05, 4.69) is 0 Å². The lowest BCUT2D eigenvalue weighted by atomic mass is 10.3. The lowest BCUT2D eigenvalue weighted by molar-refractivity contribution is -0.137. The standard InChI is InChI=1S/C12H14O4S/c1-2-14-11(13)4-3-9-7-10(17-8-9)12-15-5-6-16-12/h3-4,7-8,12H,2,5-6H2,1H3. The van der Waals surface area contributed by atoms with E-state index in [-0.39, 0.29) is 12.3 Å². The summed E-state index contributed by atoms with van der Waals surface area (Å²) < 4.78 is 15.6. The zero-order valence-electron chi connectivity index (χ0n) is 9.55.